The van der Waals surface area contributed by atoms with E-state index in [9.17, 15) is 14.4 Å². The Hall–Kier alpha value is -1.39. The van der Waals surface area contributed by atoms with Gasteiger partial charge in [0.15, 0.2) is 0 Å². The highest BCUT2D eigenvalue weighted by atomic mass is 16.4. The largest absolute Gasteiger partial charge is 0.480 e. The van der Waals surface area contributed by atoms with E-state index in [2.05, 4.69) is 5.32 Å². The molecule has 2 atom stereocenters. The van der Waals surface area contributed by atoms with E-state index in [4.69, 9.17) is 5.11 Å². The lowest BCUT2D eigenvalue weighted by molar-refractivity contribution is -0.161. The summed E-state index contributed by atoms with van der Waals surface area (Å²) in [6, 6.07) is -0.921. The molecule has 1 aliphatic rings. The molecule has 1 heterocycles. The van der Waals surface area contributed by atoms with Crippen molar-refractivity contribution in [3.63, 3.8) is 0 Å². The van der Waals surface area contributed by atoms with E-state index in [1.54, 1.807) is 0 Å². The number of amides is 1. The molecule has 1 saturated heterocycles. The smallest absolute Gasteiger partial charge is 0.327 e. The van der Waals surface area contributed by atoms with Crippen LogP contribution in [0.3, 0.4) is 0 Å². The molecule has 0 saturated carbocycles. The summed E-state index contributed by atoms with van der Waals surface area (Å²) in [7, 11) is 0. The highest BCUT2D eigenvalue weighted by molar-refractivity contribution is 6.00. The number of hydrogen-bond acceptors (Lipinski definition) is 3. The Morgan fingerprint density at radius 3 is 2.75 bits per heavy atom. The number of rotatable bonds is 3. The van der Waals surface area contributed by atoms with Crippen LogP contribution >= 0.6 is 0 Å². The fourth-order valence-corrected chi connectivity index (χ4v) is 1.23. The van der Waals surface area contributed by atoms with Crippen LogP contribution in [-0.4, -0.2) is 29.3 Å². The number of hydrogen-bond donors (Lipinski definition) is 2. The minimum absolute atomic E-state index is 0.0458. The molecule has 1 amide bonds. The first-order chi connectivity index (χ1) is 5.52. The summed E-state index contributed by atoms with van der Waals surface area (Å²) < 4.78 is 0. The molecule has 0 bridgehead atoms. The first kappa shape index (κ1) is 8.70. The van der Waals surface area contributed by atoms with Crippen LogP contribution < -0.4 is 5.32 Å². The van der Waals surface area contributed by atoms with E-state index in [-0.39, 0.29) is 12.3 Å². The quantitative estimate of drug-likeness (QED) is 0.428. The Morgan fingerprint density at radius 2 is 2.42 bits per heavy atom. The molecule has 0 unspecified atom stereocenters. The molecule has 2 N–H and O–H groups in total. The molecule has 0 aliphatic carbocycles. The molecular weight excluding hydrogens is 162 g/mol. The van der Waals surface area contributed by atoms with Gasteiger partial charge in [-0.3, -0.25) is 4.79 Å². The lowest BCUT2D eigenvalue weighted by Gasteiger charge is -2.42. The number of carboxylic acids is 1. The molecule has 5 heteroatoms. The van der Waals surface area contributed by atoms with Crippen LogP contribution in [0, 0.1) is 5.41 Å². The molecule has 0 aromatic rings. The van der Waals surface area contributed by atoms with Gasteiger partial charge in [-0.2, -0.15) is 0 Å². The van der Waals surface area contributed by atoms with E-state index >= 15 is 0 Å². The minimum atomic E-state index is -1.10. The third-order valence-corrected chi connectivity index (χ3v) is 2.19. The summed E-state index contributed by atoms with van der Waals surface area (Å²) >= 11 is 0. The molecule has 12 heavy (non-hydrogen) atoms. The van der Waals surface area contributed by atoms with Crippen LogP contribution in [0.1, 0.15) is 13.3 Å². The SMILES string of the molecule is C[C@]1(CC=O)C(=O)N[C@@H]1C(=O)O. The number of aliphatic carboxylic acids is 1. The van der Waals surface area contributed by atoms with Gasteiger partial charge >= 0.3 is 5.97 Å². The molecule has 0 radical (unpaired) electrons. The number of carboxylic acid groups (broad SMARTS) is 1. The van der Waals surface area contributed by atoms with Crippen LogP contribution in [0.15, 0.2) is 0 Å². The molecule has 1 rings (SSSR count). The summed E-state index contributed by atoms with van der Waals surface area (Å²) in [5, 5.41) is 10.8. The fraction of sp³-hybridized carbons (Fsp3) is 0.571. The van der Waals surface area contributed by atoms with Gasteiger partial charge in [-0.1, -0.05) is 0 Å². The lowest BCUT2D eigenvalue weighted by Crippen LogP contribution is -2.68. The lowest BCUT2D eigenvalue weighted by atomic mass is 9.72. The van der Waals surface area contributed by atoms with Gasteiger partial charge in [0, 0.05) is 6.42 Å². The first-order valence-electron chi connectivity index (χ1n) is 3.50. The predicted octanol–water partition coefficient (Wildman–Crippen LogP) is -0.835. The summed E-state index contributed by atoms with van der Waals surface area (Å²) in [6.45, 7) is 1.47. The Labute approximate surface area is 68.8 Å². The summed E-state index contributed by atoms with van der Waals surface area (Å²) in [6.07, 6.45) is 0.518. The fourth-order valence-electron chi connectivity index (χ4n) is 1.23. The van der Waals surface area contributed by atoms with Crippen molar-refractivity contribution in [3.8, 4) is 0 Å². The molecule has 1 fully saturated rings. The van der Waals surface area contributed by atoms with Gasteiger partial charge in [-0.15, -0.1) is 0 Å². The van der Waals surface area contributed by atoms with Crippen molar-refractivity contribution in [2.75, 3.05) is 0 Å². The maximum absolute atomic E-state index is 10.9. The van der Waals surface area contributed by atoms with E-state index in [1.165, 1.54) is 6.92 Å². The van der Waals surface area contributed by atoms with E-state index < -0.39 is 17.4 Å². The number of nitrogens with one attached hydrogen (secondary N) is 1. The predicted molar refractivity (Wildman–Crippen MR) is 38.4 cm³/mol. The number of aldehydes is 1. The number of carbonyl (C=O) groups is 3. The summed E-state index contributed by atoms with van der Waals surface area (Å²) in [5.41, 5.74) is -1.05. The van der Waals surface area contributed by atoms with Crippen molar-refractivity contribution in [2.45, 2.75) is 19.4 Å². The van der Waals surface area contributed by atoms with Crippen molar-refractivity contribution < 1.29 is 19.5 Å². The maximum Gasteiger partial charge on any atom is 0.327 e. The Kier molecular flexibility index (Phi) is 1.87. The van der Waals surface area contributed by atoms with Crippen molar-refractivity contribution in [3.05, 3.63) is 0 Å². The second kappa shape index (κ2) is 2.58. The van der Waals surface area contributed by atoms with Gasteiger partial charge in [-0.05, 0) is 6.92 Å². The van der Waals surface area contributed by atoms with Gasteiger partial charge in [-0.25, -0.2) is 4.79 Å². The van der Waals surface area contributed by atoms with Crippen molar-refractivity contribution in [2.24, 2.45) is 5.41 Å². The minimum Gasteiger partial charge on any atom is -0.480 e. The Bertz CT molecular complexity index is 250. The first-order valence-corrected chi connectivity index (χ1v) is 3.50. The monoisotopic (exact) mass is 171 g/mol. The van der Waals surface area contributed by atoms with E-state index in [0.717, 1.165) is 0 Å². The molecule has 1 aliphatic heterocycles. The molecule has 0 aromatic carbocycles. The maximum atomic E-state index is 10.9. The van der Waals surface area contributed by atoms with Gasteiger partial charge < -0.3 is 15.2 Å². The zero-order valence-corrected chi connectivity index (χ0v) is 6.53. The summed E-state index contributed by atoms with van der Waals surface area (Å²) in [4.78, 5) is 31.6. The molecular formula is C7H9NO4. The zero-order chi connectivity index (χ0) is 9.35. The van der Waals surface area contributed by atoms with E-state index in [1.807, 2.05) is 0 Å². The Balaban J connectivity index is 2.78. The van der Waals surface area contributed by atoms with Crippen molar-refractivity contribution in [1.29, 1.82) is 0 Å². The summed E-state index contributed by atoms with van der Waals surface area (Å²) in [5.74, 6) is -1.47. The molecule has 0 spiro atoms. The van der Waals surface area contributed by atoms with Gasteiger partial charge in [0.2, 0.25) is 5.91 Å². The van der Waals surface area contributed by atoms with Crippen LogP contribution in [0.5, 0.6) is 0 Å². The van der Waals surface area contributed by atoms with Crippen LogP contribution in [0.25, 0.3) is 0 Å². The second-order valence-electron chi connectivity index (χ2n) is 3.03. The molecule has 0 aromatic heterocycles. The van der Waals surface area contributed by atoms with Gasteiger partial charge in [0.1, 0.15) is 12.3 Å². The normalized spacial score (nSPS) is 33.4. The topological polar surface area (TPSA) is 83.5 Å². The van der Waals surface area contributed by atoms with Crippen molar-refractivity contribution in [1.82, 2.24) is 5.32 Å². The van der Waals surface area contributed by atoms with Gasteiger partial charge in [0.25, 0.3) is 0 Å². The van der Waals surface area contributed by atoms with Gasteiger partial charge in [0.05, 0.1) is 5.41 Å². The average molecular weight is 171 g/mol. The molecule has 66 valence electrons. The van der Waals surface area contributed by atoms with Crippen molar-refractivity contribution >= 4 is 18.2 Å². The van der Waals surface area contributed by atoms with Crippen LogP contribution in [-0.2, 0) is 14.4 Å². The second-order valence-corrected chi connectivity index (χ2v) is 3.03. The highest BCUT2D eigenvalue weighted by Gasteiger charge is 2.54. The average Bonchev–Trinajstić information content (AvgIpc) is 2.00. The number of carbonyl (C=O) groups excluding carboxylic acids is 2. The zero-order valence-electron chi connectivity index (χ0n) is 6.53. The third-order valence-electron chi connectivity index (χ3n) is 2.19. The third kappa shape index (κ3) is 0.975. The van der Waals surface area contributed by atoms with E-state index in [0.29, 0.717) is 6.29 Å². The van der Waals surface area contributed by atoms with Crippen LogP contribution in [0.2, 0.25) is 0 Å². The Morgan fingerprint density at radius 1 is 1.83 bits per heavy atom. The number of β-lactam (4-membered cyclic amide) rings is 1. The highest BCUT2D eigenvalue weighted by Crippen LogP contribution is 2.33. The van der Waals surface area contributed by atoms with Crippen LogP contribution in [0.4, 0.5) is 0 Å². The standard InChI is InChI=1S/C7H9NO4/c1-7(2-3-9)4(5(10)11)8-6(7)12/h3-4H,2H2,1H3,(H,8,12)(H,10,11)/t4-,7-/m1/s1. The molecule has 5 nitrogen and oxygen atoms in total.